The van der Waals surface area contributed by atoms with Crippen LogP contribution in [0, 0.1) is 20.8 Å². The van der Waals surface area contributed by atoms with Gasteiger partial charge in [-0.05, 0) is 44.0 Å². The van der Waals surface area contributed by atoms with Crippen LogP contribution >= 0.6 is 0 Å². The molecule has 4 rings (SSSR count). The quantitative estimate of drug-likeness (QED) is 0.597. The zero-order valence-electron chi connectivity index (χ0n) is 18.1. The molecule has 0 bridgehead atoms. The van der Waals surface area contributed by atoms with E-state index in [1.165, 1.54) is 0 Å². The highest BCUT2D eigenvalue weighted by atomic mass is 32.2. The molecule has 0 atom stereocenters. The number of ether oxygens (including phenoxy) is 1. The molecular weight excluding hydrogens is 416 g/mol. The van der Waals surface area contributed by atoms with Crippen molar-refractivity contribution < 1.29 is 13.2 Å². The number of anilines is 1. The van der Waals surface area contributed by atoms with Gasteiger partial charge in [0.15, 0.2) is 0 Å². The van der Waals surface area contributed by atoms with Gasteiger partial charge in [-0.15, -0.1) is 0 Å². The van der Waals surface area contributed by atoms with Gasteiger partial charge in [0.05, 0.1) is 12.0 Å². The maximum atomic E-state index is 13.3. The molecule has 3 aromatic rings. The average Bonchev–Trinajstić information content (AvgIpc) is 3.30. The molecule has 0 radical (unpaired) electrons. The van der Waals surface area contributed by atoms with Gasteiger partial charge in [0.1, 0.15) is 29.5 Å². The molecule has 1 aliphatic heterocycles. The summed E-state index contributed by atoms with van der Waals surface area (Å²) in [4.78, 5) is 15.5. The number of rotatable bonds is 5. The van der Waals surface area contributed by atoms with Crippen LogP contribution in [0.25, 0.3) is 5.82 Å². The van der Waals surface area contributed by atoms with Gasteiger partial charge in [-0.1, -0.05) is 0 Å². The highest BCUT2D eigenvalue weighted by Gasteiger charge is 2.31. The number of benzene rings is 1. The van der Waals surface area contributed by atoms with E-state index in [0.29, 0.717) is 42.6 Å². The maximum Gasteiger partial charge on any atom is 0.243 e. The molecule has 1 aromatic carbocycles. The Bertz CT molecular complexity index is 1190. The van der Waals surface area contributed by atoms with Gasteiger partial charge >= 0.3 is 0 Å². The first-order valence-electron chi connectivity index (χ1n) is 10.0. The lowest BCUT2D eigenvalue weighted by Crippen LogP contribution is -2.49. The predicted molar refractivity (Wildman–Crippen MR) is 117 cm³/mol. The minimum atomic E-state index is -3.59. The van der Waals surface area contributed by atoms with Gasteiger partial charge < -0.3 is 9.64 Å². The molecule has 164 valence electrons. The molecule has 0 unspecified atom stereocenters. The Hall–Kier alpha value is -2.98. The summed E-state index contributed by atoms with van der Waals surface area (Å²) in [6, 6.07) is 5.25. The summed E-state index contributed by atoms with van der Waals surface area (Å²) in [5.74, 6) is 2.86. The highest BCUT2D eigenvalue weighted by Crippen LogP contribution is 2.29. The first-order valence-corrected chi connectivity index (χ1v) is 11.5. The number of sulfonamides is 1. The second-order valence-corrected chi connectivity index (χ2v) is 9.41. The number of nitrogens with zero attached hydrogens (tertiary/aromatic N) is 6. The van der Waals surface area contributed by atoms with Gasteiger partial charge in [0.25, 0.3) is 0 Å². The van der Waals surface area contributed by atoms with Gasteiger partial charge in [-0.3, -0.25) is 4.57 Å². The topological polar surface area (TPSA) is 93.5 Å². The third-order valence-corrected chi connectivity index (χ3v) is 7.71. The number of hydrogen-bond acceptors (Lipinski definition) is 7. The van der Waals surface area contributed by atoms with Crippen molar-refractivity contribution >= 4 is 15.8 Å². The van der Waals surface area contributed by atoms with E-state index in [1.807, 2.05) is 37.6 Å². The van der Waals surface area contributed by atoms with E-state index >= 15 is 0 Å². The van der Waals surface area contributed by atoms with Crippen molar-refractivity contribution in [2.45, 2.75) is 25.7 Å². The molecule has 0 amide bonds. The van der Waals surface area contributed by atoms with Crippen LogP contribution < -0.4 is 9.64 Å². The van der Waals surface area contributed by atoms with E-state index in [0.717, 1.165) is 22.8 Å². The van der Waals surface area contributed by atoms with E-state index in [1.54, 1.807) is 36.1 Å². The van der Waals surface area contributed by atoms with Gasteiger partial charge in [-0.25, -0.2) is 23.4 Å². The molecule has 9 nitrogen and oxygen atoms in total. The number of aromatic nitrogens is 4. The van der Waals surface area contributed by atoms with Crippen molar-refractivity contribution in [3.63, 3.8) is 0 Å². The second kappa shape index (κ2) is 8.27. The van der Waals surface area contributed by atoms with Crippen LogP contribution in [0.3, 0.4) is 0 Å². The molecule has 1 saturated heterocycles. The van der Waals surface area contributed by atoms with Crippen LogP contribution in [-0.4, -0.2) is 65.5 Å². The van der Waals surface area contributed by atoms with Crippen LogP contribution in [0.5, 0.6) is 5.75 Å². The van der Waals surface area contributed by atoms with E-state index < -0.39 is 10.0 Å². The SMILES string of the molecule is COc1ccc(S(=O)(=O)N2CCN(c3cc(-n4ccnc4)nc(C)n3)CC2)c(C)c1C. The van der Waals surface area contributed by atoms with Crippen LogP contribution in [-0.2, 0) is 10.0 Å². The summed E-state index contributed by atoms with van der Waals surface area (Å²) in [5.41, 5.74) is 1.56. The number of methoxy groups -OCH3 is 1. The molecule has 0 N–H and O–H groups in total. The van der Waals surface area contributed by atoms with E-state index in [9.17, 15) is 8.42 Å². The zero-order chi connectivity index (χ0) is 22.2. The lowest BCUT2D eigenvalue weighted by Gasteiger charge is -2.35. The zero-order valence-corrected chi connectivity index (χ0v) is 18.9. The molecule has 1 aliphatic rings. The summed E-state index contributed by atoms with van der Waals surface area (Å²) >= 11 is 0. The lowest BCUT2D eigenvalue weighted by atomic mass is 10.1. The number of piperazine rings is 1. The molecule has 3 heterocycles. The molecule has 2 aromatic heterocycles. The minimum absolute atomic E-state index is 0.333. The molecule has 31 heavy (non-hydrogen) atoms. The van der Waals surface area contributed by atoms with Crippen molar-refractivity contribution in [2.75, 3.05) is 38.2 Å². The Kier molecular flexibility index (Phi) is 5.67. The maximum absolute atomic E-state index is 13.3. The fourth-order valence-electron chi connectivity index (χ4n) is 3.79. The summed E-state index contributed by atoms with van der Waals surface area (Å²) in [7, 11) is -2.01. The summed E-state index contributed by atoms with van der Waals surface area (Å²) in [5, 5.41) is 0. The molecule has 0 aliphatic carbocycles. The fourth-order valence-corrected chi connectivity index (χ4v) is 5.50. The summed E-state index contributed by atoms with van der Waals surface area (Å²) < 4.78 is 35.3. The number of imidazole rings is 1. The lowest BCUT2D eigenvalue weighted by molar-refractivity contribution is 0.383. The van der Waals surface area contributed by atoms with Gasteiger partial charge in [-0.2, -0.15) is 4.31 Å². The molecular formula is C21H26N6O3S. The Morgan fingerprint density at radius 1 is 0.968 bits per heavy atom. The third kappa shape index (κ3) is 4.00. The first-order chi connectivity index (χ1) is 14.8. The monoisotopic (exact) mass is 442 g/mol. The molecule has 1 fully saturated rings. The Morgan fingerprint density at radius 3 is 2.32 bits per heavy atom. The number of aryl methyl sites for hydroxylation is 1. The molecule has 0 saturated carbocycles. The Balaban J connectivity index is 1.53. The molecule has 0 spiro atoms. The minimum Gasteiger partial charge on any atom is -0.496 e. The van der Waals surface area contributed by atoms with Crippen molar-refractivity contribution in [2.24, 2.45) is 0 Å². The van der Waals surface area contributed by atoms with E-state index in [2.05, 4.69) is 19.9 Å². The predicted octanol–water partition coefficient (Wildman–Crippen LogP) is 2.11. The van der Waals surface area contributed by atoms with E-state index in [-0.39, 0.29) is 0 Å². The number of hydrogen-bond donors (Lipinski definition) is 0. The third-order valence-electron chi connectivity index (χ3n) is 5.67. The van der Waals surface area contributed by atoms with Crippen LogP contribution in [0.1, 0.15) is 17.0 Å². The highest BCUT2D eigenvalue weighted by molar-refractivity contribution is 7.89. The Morgan fingerprint density at radius 2 is 1.68 bits per heavy atom. The average molecular weight is 443 g/mol. The van der Waals surface area contributed by atoms with Crippen molar-refractivity contribution in [1.29, 1.82) is 0 Å². The van der Waals surface area contributed by atoms with Crippen LogP contribution in [0.4, 0.5) is 5.82 Å². The summed E-state index contributed by atoms with van der Waals surface area (Å²) in [6.07, 6.45) is 5.22. The van der Waals surface area contributed by atoms with Crippen LogP contribution in [0.2, 0.25) is 0 Å². The smallest absolute Gasteiger partial charge is 0.243 e. The van der Waals surface area contributed by atoms with Crippen molar-refractivity contribution in [3.8, 4) is 11.6 Å². The Labute approximate surface area is 182 Å². The standard InChI is InChI=1S/C21H26N6O3S/c1-15-16(2)19(6-5-18(15)30-4)31(28,29)27-11-9-25(10-12-27)20-13-21(24-17(3)23-20)26-8-7-22-14-26/h5-8,13-14H,9-12H2,1-4H3. The normalized spacial score (nSPS) is 15.3. The summed E-state index contributed by atoms with van der Waals surface area (Å²) in [6.45, 7) is 7.41. The van der Waals surface area contributed by atoms with Gasteiger partial charge in [0.2, 0.25) is 10.0 Å². The van der Waals surface area contributed by atoms with Gasteiger partial charge in [0, 0.05) is 44.6 Å². The van der Waals surface area contributed by atoms with Crippen molar-refractivity contribution in [1.82, 2.24) is 23.8 Å². The van der Waals surface area contributed by atoms with E-state index in [4.69, 9.17) is 4.74 Å². The van der Waals surface area contributed by atoms with Crippen molar-refractivity contribution in [3.05, 3.63) is 53.9 Å². The fraction of sp³-hybridized carbons (Fsp3) is 0.381. The molecule has 10 heteroatoms. The first kappa shape index (κ1) is 21.3. The van der Waals surface area contributed by atoms with Crippen LogP contribution in [0.15, 0.2) is 41.8 Å². The largest absolute Gasteiger partial charge is 0.496 e. The second-order valence-electron chi connectivity index (χ2n) is 7.51.